The second-order valence-corrected chi connectivity index (χ2v) is 5.82. The number of pyridine rings is 1. The molecule has 1 aliphatic heterocycles. The van der Waals surface area contributed by atoms with Crippen LogP contribution in [0, 0.1) is 5.92 Å². The lowest BCUT2D eigenvalue weighted by Crippen LogP contribution is -2.42. The molecule has 1 unspecified atom stereocenters. The summed E-state index contributed by atoms with van der Waals surface area (Å²) in [5.41, 5.74) is 0.172. The van der Waals surface area contributed by atoms with E-state index in [2.05, 4.69) is 10.3 Å². The summed E-state index contributed by atoms with van der Waals surface area (Å²) in [5, 5.41) is 13.2. The molecule has 5 nitrogen and oxygen atoms in total. The fraction of sp³-hybridized carbons (Fsp3) is 0.600. The molecule has 1 aromatic rings. The van der Waals surface area contributed by atoms with Gasteiger partial charge in [-0.05, 0) is 50.3 Å². The van der Waals surface area contributed by atoms with Gasteiger partial charge in [-0.15, -0.1) is 0 Å². The van der Waals surface area contributed by atoms with Gasteiger partial charge in [0.15, 0.2) is 5.69 Å². The second-order valence-electron chi connectivity index (χ2n) is 5.82. The van der Waals surface area contributed by atoms with E-state index in [1.807, 2.05) is 4.90 Å². The van der Waals surface area contributed by atoms with Crippen molar-refractivity contribution in [2.75, 3.05) is 19.6 Å². The van der Waals surface area contributed by atoms with Crippen molar-refractivity contribution in [2.45, 2.75) is 31.7 Å². The third-order valence-corrected chi connectivity index (χ3v) is 4.05. The van der Waals surface area contributed by atoms with Gasteiger partial charge in [0.2, 0.25) is 0 Å². The molecule has 20 heavy (non-hydrogen) atoms. The molecule has 1 aromatic heterocycles. The predicted octanol–water partition coefficient (Wildman–Crippen LogP) is 1.39. The van der Waals surface area contributed by atoms with Gasteiger partial charge in [0, 0.05) is 25.3 Å². The molecule has 108 valence electrons. The van der Waals surface area contributed by atoms with Gasteiger partial charge >= 0.3 is 0 Å². The molecule has 0 aromatic carbocycles. The first kappa shape index (κ1) is 13.4. The molecule has 0 spiro atoms. The largest absolute Gasteiger partial charge is 0.505 e. The molecule has 2 heterocycles. The normalized spacial score (nSPS) is 21.9. The minimum Gasteiger partial charge on any atom is -0.505 e. The van der Waals surface area contributed by atoms with Crippen molar-refractivity contribution in [3.8, 4) is 5.75 Å². The molecule has 0 bridgehead atoms. The Hall–Kier alpha value is -1.62. The van der Waals surface area contributed by atoms with E-state index in [9.17, 15) is 9.90 Å². The van der Waals surface area contributed by atoms with Crippen molar-refractivity contribution in [1.29, 1.82) is 0 Å². The number of nitrogens with one attached hydrogen (secondary N) is 1. The molecule has 1 atom stereocenters. The van der Waals surface area contributed by atoms with E-state index in [1.165, 1.54) is 25.3 Å². The number of aromatic hydroxyl groups is 1. The first-order chi connectivity index (χ1) is 9.74. The minimum absolute atomic E-state index is 0.0299. The van der Waals surface area contributed by atoms with E-state index in [0.29, 0.717) is 18.5 Å². The van der Waals surface area contributed by atoms with Crippen LogP contribution < -0.4 is 5.32 Å². The topological polar surface area (TPSA) is 65.5 Å². The van der Waals surface area contributed by atoms with Crippen molar-refractivity contribution < 1.29 is 9.90 Å². The number of hydrogen-bond donors (Lipinski definition) is 2. The van der Waals surface area contributed by atoms with Gasteiger partial charge in [-0.25, -0.2) is 4.98 Å². The summed E-state index contributed by atoms with van der Waals surface area (Å²) in [5.74, 6) is 0.451. The van der Waals surface area contributed by atoms with Gasteiger partial charge in [-0.1, -0.05) is 0 Å². The molecule has 1 saturated heterocycles. The summed E-state index contributed by atoms with van der Waals surface area (Å²) >= 11 is 0. The highest BCUT2D eigenvalue weighted by Crippen LogP contribution is 2.30. The molecule has 5 heteroatoms. The zero-order chi connectivity index (χ0) is 13.9. The highest BCUT2D eigenvalue weighted by molar-refractivity contribution is 5.94. The van der Waals surface area contributed by atoms with Gasteiger partial charge in [0.25, 0.3) is 5.91 Å². The Kier molecular flexibility index (Phi) is 3.87. The SMILES string of the molecule is O=C(c1ncccc1O)N(CC1CC1)CC1CCCN1. The van der Waals surface area contributed by atoms with Crippen LogP contribution >= 0.6 is 0 Å². The van der Waals surface area contributed by atoms with E-state index >= 15 is 0 Å². The maximum absolute atomic E-state index is 12.6. The van der Waals surface area contributed by atoms with Gasteiger partial charge in [0.05, 0.1) is 0 Å². The summed E-state index contributed by atoms with van der Waals surface area (Å²) in [4.78, 5) is 18.5. The first-order valence-corrected chi connectivity index (χ1v) is 7.40. The molecule has 1 amide bonds. The van der Waals surface area contributed by atoms with E-state index < -0.39 is 0 Å². The Morgan fingerprint density at radius 2 is 2.25 bits per heavy atom. The molecule has 3 rings (SSSR count). The van der Waals surface area contributed by atoms with Crippen LogP contribution in [0.2, 0.25) is 0 Å². The molecule has 2 N–H and O–H groups in total. The third-order valence-electron chi connectivity index (χ3n) is 4.05. The molecule has 1 aliphatic carbocycles. The molecule has 2 fully saturated rings. The van der Waals surface area contributed by atoms with E-state index in [4.69, 9.17) is 0 Å². The summed E-state index contributed by atoms with van der Waals surface area (Å²) in [6.45, 7) is 2.53. The Bertz CT molecular complexity index is 482. The van der Waals surface area contributed by atoms with Crippen molar-refractivity contribution in [3.05, 3.63) is 24.0 Å². The van der Waals surface area contributed by atoms with Crippen LogP contribution in [0.5, 0.6) is 5.75 Å². The molecular formula is C15H21N3O2. The smallest absolute Gasteiger partial charge is 0.276 e. The van der Waals surface area contributed by atoms with Gasteiger partial charge < -0.3 is 15.3 Å². The maximum Gasteiger partial charge on any atom is 0.276 e. The highest BCUT2D eigenvalue weighted by atomic mass is 16.3. The predicted molar refractivity (Wildman–Crippen MR) is 75.6 cm³/mol. The van der Waals surface area contributed by atoms with Crippen molar-refractivity contribution in [3.63, 3.8) is 0 Å². The van der Waals surface area contributed by atoms with Crippen LogP contribution in [0.1, 0.15) is 36.2 Å². The fourth-order valence-corrected chi connectivity index (χ4v) is 2.74. The zero-order valence-electron chi connectivity index (χ0n) is 11.6. The van der Waals surface area contributed by atoms with Gasteiger partial charge in [-0.2, -0.15) is 0 Å². The second kappa shape index (κ2) is 5.79. The lowest BCUT2D eigenvalue weighted by atomic mass is 10.2. The van der Waals surface area contributed by atoms with Crippen molar-refractivity contribution in [2.24, 2.45) is 5.92 Å². The number of carbonyl (C=O) groups excluding carboxylic acids is 1. The number of nitrogens with zero attached hydrogens (tertiary/aromatic N) is 2. The number of aromatic nitrogens is 1. The average Bonchev–Trinajstić information content (AvgIpc) is 3.11. The highest BCUT2D eigenvalue weighted by Gasteiger charge is 2.30. The lowest BCUT2D eigenvalue weighted by molar-refractivity contribution is 0.0724. The van der Waals surface area contributed by atoms with E-state index in [1.54, 1.807) is 12.3 Å². The van der Waals surface area contributed by atoms with Gasteiger partial charge in [-0.3, -0.25) is 4.79 Å². The summed E-state index contributed by atoms with van der Waals surface area (Å²) in [7, 11) is 0. The lowest BCUT2D eigenvalue weighted by Gasteiger charge is -2.25. The number of carbonyl (C=O) groups is 1. The van der Waals surface area contributed by atoms with Crippen molar-refractivity contribution in [1.82, 2.24) is 15.2 Å². The number of rotatable bonds is 5. The number of amides is 1. The van der Waals surface area contributed by atoms with Crippen LogP contribution in [0.15, 0.2) is 18.3 Å². The first-order valence-electron chi connectivity index (χ1n) is 7.40. The van der Waals surface area contributed by atoms with E-state index in [0.717, 1.165) is 19.5 Å². The van der Waals surface area contributed by atoms with Crippen LogP contribution in [-0.4, -0.2) is 46.6 Å². The molecule has 0 radical (unpaired) electrons. The standard InChI is InChI=1S/C15H21N3O2/c19-13-4-2-8-17-14(13)15(20)18(9-11-5-6-11)10-12-3-1-7-16-12/h2,4,8,11-12,16,19H,1,3,5-7,9-10H2. The summed E-state index contributed by atoms with van der Waals surface area (Å²) < 4.78 is 0. The Balaban J connectivity index is 1.73. The van der Waals surface area contributed by atoms with Crippen LogP contribution in [0.25, 0.3) is 0 Å². The fourth-order valence-electron chi connectivity index (χ4n) is 2.74. The third kappa shape index (κ3) is 3.10. The Morgan fingerprint density at radius 1 is 1.40 bits per heavy atom. The number of hydrogen-bond acceptors (Lipinski definition) is 4. The van der Waals surface area contributed by atoms with Crippen LogP contribution in [-0.2, 0) is 0 Å². The summed E-state index contributed by atoms with van der Waals surface area (Å²) in [6.07, 6.45) is 6.25. The molecular weight excluding hydrogens is 254 g/mol. The summed E-state index contributed by atoms with van der Waals surface area (Å²) in [6, 6.07) is 3.53. The zero-order valence-corrected chi connectivity index (χ0v) is 11.6. The quantitative estimate of drug-likeness (QED) is 0.852. The van der Waals surface area contributed by atoms with E-state index in [-0.39, 0.29) is 17.4 Å². The monoisotopic (exact) mass is 275 g/mol. The molecule has 2 aliphatic rings. The van der Waals surface area contributed by atoms with Crippen LogP contribution in [0.3, 0.4) is 0 Å². The van der Waals surface area contributed by atoms with Gasteiger partial charge in [0.1, 0.15) is 5.75 Å². The van der Waals surface area contributed by atoms with Crippen molar-refractivity contribution >= 4 is 5.91 Å². The van der Waals surface area contributed by atoms with Crippen LogP contribution in [0.4, 0.5) is 0 Å². The average molecular weight is 275 g/mol. The molecule has 1 saturated carbocycles. The Morgan fingerprint density at radius 3 is 2.90 bits per heavy atom. The Labute approximate surface area is 119 Å². The minimum atomic E-state index is -0.149. The maximum atomic E-state index is 12.6.